The number of aromatic nitrogens is 2. The van der Waals surface area contributed by atoms with E-state index in [1.165, 1.54) is 28.0 Å². The summed E-state index contributed by atoms with van der Waals surface area (Å²) >= 11 is 2.65. The lowest BCUT2D eigenvalue weighted by Gasteiger charge is -2.11. The van der Waals surface area contributed by atoms with Crippen LogP contribution in [0.5, 0.6) is 5.75 Å². The summed E-state index contributed by atoms with van der Waals surface area (Å²) in [5.74, 6) is 0.607. The van der Waals surface area contributed by atoms with E-state index in [-0.39, 0.29) is 17.6 Å². The first-order chi connectivity index (χ1) is 15.0. The molecule has 0 aliphatic carbocycles. The summed E-state index contributed by atoms with van der Waals surface area (Å²) in [5, 5.41) is 14.9. The van der Waals surface area contributed by atoms with E-state index in [0.717, 1.165) is 11.4 Å². The molecule has 0 radical (unpaired) electrons. The molecule has 1 heterocycles. The van der Waals surface area contributed by atoms with Gasteiger partial charge >= 0.3 is 0 Å². The van der Waals surface area contributed by atoms with E-state index >= 15 is 0 Å². The summed E-state index contributed by atoms with van der Waals surface area (Å²) < 4.78 is 6.27. The highest BCUT2D eigenvalue weighted by Crippen LogP contribution is 2.31. The van der Waals surface area contributed by atoms with Gasteiger partial charge in [0.25, 0.3) is 5.91 Å². The molecule has 0 saturated heterocycles. The minimum absolute atomic E-state index is 0.120. The van der Waals surface area contributed by atoms with Gasteiger partial charge in [0.05, 0.1) is 18.0 Å². The summed E-state index contributed by atoms with van der Waals surface area (Å²) in [6.45, 7) is 2.50. The van der Waals surface area contributed by atoms with Gasteiger partial charge in [0.2, 0.25) is 11.0 Å². The zero-order chi connectivity index (χ0) is 22.2. The highest BCUT2D eigenvalue weighted by molar-refractivity contribution is 8.01. The van der Waals surface area contributed by atoms with Crippen molar-refractivity contribution in [3.63, 3.8) is 0 Å². The predicted molar refractivity (Wildman–Crippen MR) is 125 cm³/mol. The lowest BCUT2D eigenvalue weighted by molar-refractivity contribution is -0.113. The third kappa shape index (κ3) is 6.43. The first kappa shape index (κ1) is 22.6. The minimum atomic E-state index is -0.189. The van der Waals surface area contributed by atoms with Crippen molar-refractivity contribution in [1.29, 1.82) is 0 Å². The van der Waals surface area contributed by atoms with Gasteiger partial charge in [-0.2, -0.15) is 0 Å². The molecule has 2 aromatic carbocycles. The molecule has 0 atom stereocenters. The smallest absolute Gasteiger partial charge is 0.253 e. The predicted octanol–water partition coefficient (Wildman–Crippen LogP) is 4.11. The number of nitrogens with zero attached hydrogens (tertiary/aromatic N) is 3. The van der Waals surface area contributed by atoms with Crippen LogP contribution >= 0.6 is 23.1 Å². The molecule has 1 aromatic heterocycles. The number of carbonyl (C=O) groups is 2. The van der Waals surface area contributed by atoms with Crippen LogP contribution in [0.25, 0.3) is 0 Å². The fourth-order valence-corrected chi connectivity index (χ4v) is 4.16. The molecule has 0 bridgehead atoms. The van der Waals surface area contributed by atoms with E-state index < -0.39 is 0 Å². The third-order valence-electron chi connectivity index (χ3n) is 3.96. The van der Waals surface area contributed by atoms with Crippen LogP contribution in [0.15, 0.2) is 52.9 Å². The number of thioether (sulfide) groups is 1. The largest absolute Gasteiger partial charge is 0.492 e. The maximum Gasteiger partial charge on any atom is 0.253 e. The summed E-state index contributed by atoms with van der Waals surface area (Å²) in [6, 6.07) is 14.5. The van der Waals surface area contributed by atoms with Crippen molar-refractivity contribution in [2.45, 2.75) is 11.3 Å². The van der Waals surface area contributed by atoms with Gasteiger partial charge in [-0.25, -0.2) is 0 Å². The van der Waals surface area contributed by atoms with Crippen molar-refractivity contribution in [2.24, 2.45) is 0 Å². The zero-order valence-corrected chi connectivity index (χ0v) is 19.0. The van der Waals surface area contributed by atoms with Crippen molar-refractivity contribution in [2.75, 3.05) is 37.1 Å². The molecular weight excluding hydrogens is 434 g/mol. The van der Waals surface area contributed by atoms with Crippen LogP contribution < -0.4 is 15.4 Å². The number of anilines is 3. The number of benzene rings is 2. The Kier molecular flexibility index (Phi) is 7.85. The second-order valence-corrected chi connectivity index (χ2v) is 8.74. The molecule has 31 heavy (non-hydrogen) atoms. The maximum absolute atomic E-state index is 12.3. The summed E-state index contributed by atoms with van der Waals surface area (Å²) in [4.78, 5) is 25.9. The molecular formula is C21H23N5O3S2. The minimum Gasteiger partial charge on any atom is -0.492 e. The Morgan fingerprint density at radius 1 is 1.13 bits per heavy atom. The fraction of sp³-hybridized carbons (Fsp3) is 0.238. The number of amides is 2. The molecule has 0 aliphatic rings. The molecule has 0 aliphatic heterocycles. The van der Waals surface area contributed by atoms with Crippen LogP contribution in [0.2, 0.25) is 0 Å². The Bertz CT molecular complexity index is 1050. The average Bonchev–Trinajstić information content (AvgIpc) is 3.21. The second kappa shape index (κ2) is 10.8. The van der Waals surface area contributed by atoms with Crippen molar-refractivity contribution >= 4 is 51.4 Å². The lowest BCUT2D eigenvalue weighted by Crippen LogP contribution is -2.22. The molecule has 3 aromatic rings. The summed E-state index contributed by atoms with van der Waals surface area (Å²) in [7, 11) is 3.37. The van der Waals surface area contributed by atoms with Gasteiger partial charge < -0.3 is 20.3 Å². The van der Waals surface area contributed by atoms with Gasteiger partial charge in [-0.05, 0) is 37.3 Å². The Morgan fingerprint density at radius 2 is 1.94 bits per heavy atom. The van der Waals surface area contributed by atoms with Crippen molar-refractivity contribution < 1.29 is 14.3 Å². The molecule has 0 unspecified atom stereocenters. The van der Waals surface area contributed by atoms with Crippen LogP contribution in [0.1, 0.15) is 17.3 Å². The Balaban J connectivity index is 1.55. The van der Waals surface area contributed by atoms with Gasteiger partial charge in [-0.15, -0.1) is 10.2 Å². The summed E-state index contributed by atoms with van der Waals surface area (Å²) in [5.41, 5.74) is 1.90. The van der Waals surface area contributed by atoms with E-state index in [2.05, 4.69) is 20.8 Å². The standard InChI is InChI=1S/C21H23N5O3S2/c1-4-29-17-11-6-5-10-16(17)23-20-24-25-21(31-20)30-13-18(27)22-15-9-7-8-14(12-15)19(28)26(2)3/h5-12H,4,13H2,1-3H3,(H,22,27)(H,23,24). The Labute approximate surface area is 189 Å². The highest BCUT2D eigenvalue weighted by Gasteiger charge is 2.12. The first-order valence-electron chi connectivity index (χ1n) is 9.53. The molecule has 2 N–H and O–H groups in total. The molecule has 0 fully saturated rings. The number of nitrogens with one attached hydrogen (secondary N) is 2. The van der Waals surface area contributed by atoms with Gasteiger partial charge in [0.15, 0.2) is 4.34 Å². The van der Waals surface area contributed by atoms with Crippen LogP contribution in [-0.4, -0.2) is 53.4 Å². The maximum atomic E-state index is 12.3. The Morgan fingerprint density at radius 3 is 2.71 bits per heavy atom. The van der Waals surface area contributed by atoms with E-state index in [4.69, 9.17) is 4.74 Å². The van der Waals surface area contributed by atoms with Crippen molar-refractivity contribution in [3.05, 3.63) is 54.1 Å². The van der Waals surface area contributed by atoms with Crippen molar-refractivity contribution in [3.8, 4) is 5.75 Å². The van der Waals surface area contributed by atoms with Gasteiger partial charge in [-0.3, -0.25) is 9.59 Å². The molecule has 10 heteroatoms. The lowest BCUT2D eigenvalue weighted by atomic mass is 10.2. The number of hydrogen-bond acceptors (Lipinski definition) is 8. The molecule has 0 saturated carbocycles. The normalized spacial score (nSPS) is 10.4. The van der Waals surface area contributed by atoms with Crippen molar-refractivity contribution in [1.82, 2.24) is 15.1 Å². The number of hydrogen-bond donors (Lipinski definition) is 2. The van der Waals surface area contributed by atoms with Crippen LogP contribution in [-0.2, 0) is 4.79 Å². The molecule has 3 rings (SSSR count). The molecule has 2 amide bonds. The van der Waals surface area contributed by atoms with Gasteiger partial charge in [-0.1, -0.05) is 41.3 Å². The molecule has 162 valence electrons. The highest BCUT2D eigenvalue weighted by atomic mass is 32.2. The van der Waals surface area contributed by atoms with Crippen LogP contribution in [0, 0.1) is 0 Å². The molecule has 8 nitrogen and oxygen atoms in total. The Hall–Kier alpha value is -3.11. The average molecular weight is 458 g/mol. The number of rotatable bonds is 9. The third-order valence-corrected chi connectivity index (χ3v) is 5.93. The monoisotopic (exact) mass is 457 g/mol. The van der Waals surface area contributed by atoms with Gasteiger partial charge in [0.1, 0.15) is 5.75 Å². The first-order valence-corrected chi connectivity index (χ1v) is 11.3. The van der Waals surface area contributed by atoms with Gasteiger partial charge in [0, 0.05) is 25.3 Å². The number of ether oxygens (including phenoxy) is 1. The SMILES string of the molecule is CCOc1ccccc1Nc1nnc(SCC(=O)Nc2cccc(C(=O)N(C)C)c2)s1. The van der Waals surface area contributed by atoms with E-state index in [9.17, 15) is 9.59 Å². The van der Waals surface area contributed by atoms with Crippen LogP contribution in [0.3, 0.4) is 0 Å². The zero-order valence-electron chi connectivity index (χ0n) is 17.4. The topological polar surface area (TPSA) is 96.5 Å². The quantitative estimate of drug-likeness (QED) is 0.467. The number of para-hydroxylation sites is 2. The van der Waals surface area contributed by atoms with Crippen LogP contribution in [0.4, 0.5) is 16.5 Å². The van der Waals surface area contributed by atoms with E-state index in [1.54, 1.807) is 38.4 Å². The summed E-state index contributed by atoms with van der Waals surface area (Å²) in [6.07, 6.45) is 0. The number of carbonyl (C=O) groups excluding carboxylic acids is 2. The molecule has 0 spiro atoms. The van der Waals surface area contributed by atoms with E-state index in [0.29, 0.717) is 27.3 Å². The fourth-order valence-electron chi connectivity index (χ4n) is 2.60. The van der Waals surface area contributed by atoms with E-state index in [1.807, 2.05) is 31.2 Å². The second-order valence-electron chi connectivity index (χ2n) is 6.54.